The van der Waals surface area contributed by atoms with Gasteiger partial charge in [0.1, 0.15) is 0 Å². The first-order valence-electron chi connectivity index (χ1n) is 5.93. The van der Waals surface area contributed by atoms with Gasteiger partial charge >= 0.3 is 0 Å². The van der Waals surface area contributed by atoms with Crippen LogP contribution < -0.4 is 4.72 Å². The number of nitrogens with one attached hydrogen (secondary N) is 1. The Kier molecular flexibility index (Phi) is 5.34. The summed E-state index contributed by atoms with van der Waals surface area (Å²) < 4.78 is 27.5. The Labute approximate surface area is 130 Å². The molecular weight excluding hydrogens is 362 g/mol. The van der Waals surface area contributed by atoms with Gasteiger partial charge in [-0.3, -0.25) is 0 Å². The Morgan fingerprint density at radius 2 is 2.05 bits per heavy atom. The van der Waals surface area contributed by atoms with Crippen LogP contribution >= 0.6 is 27.3 Å². The van der Waals surface area contributed by atoms with Gasteiger partial charge < -0.3 is 5.11 Å². The van der Waals surface area contributed by atoms with Gasteiger partial charge in [0, 0.05) is 11.0 Å². The third-order valence-electron chi connectivity index (χ3n) is 2.75. The zero-order chi connectivity index (χ0) is 14.6. The average Bonchev–Trinajstić information content (AvgIpc) is 2.92. The summed E-state index contributed by atoms with van der Waals surface area (Å²) in [6.07, 6.45) is 0.653. The van der Waals surface area contributed by atoms with Crippen LogP contribution in [-0.2, 0) is 23.1 Å². The van der Waals surface area contributed by atoms with Crippen LogP contribution in [0.25, 0.3) is 0 Å². The molecule has 1 aromatic heterocycles. The number of sulfonamides is 1. The van der Waals surface area contributed by atoms with E-state index < -0.39 is 10.0 Å². The topological polar surface area (TPSA) is 66.4 Å². The van der Waals surface area contributed by atoms with E-state index in [1.165, 1.54) is 6.07 Å². The quantitative estimate of drug-likeness (QED) is 0.814. The van der Waals surface area contributed by atoms with Gasteiger partial charge in [-0.15, -0.1) is 0 Å². The molecule has 0 saturated heterocycles. The summed E-state index contributed by atoms with van der Waals surface area (Å²) in [7, 11) is -3.58. The highest BCUT2D eigenvalue weighted by Crippen LogP contribution is 2.23. The van der Waals surface area contributed by atoms with Crippen LogP contribution in [0.3, 0.4) is 0 Å². The molecule has 0 saturated carbocycles. The molecule has 108 valence electrons. The molecule has 0 unspecified atom stereocenters. The van der Waals surface area contributed by atoms with E-state index in [1.54, 1.807) is 23.5 Å². The van der Waals surface area contributed by atoms with Crippen LogP contribution in [0.4, 0.5) is 0 Å². The molecule has 0 fully saturated rings. The van der Waals surface area contributed by atoms with Gasteiger partial charge in [0.25, 0.3) is 0 Å². The monoisotopic (exact) mass is 375 g/mol. The Morgan fingerprint density at radius 1 is 1.25 bits per heavy atom. The van der Waals surface area contributed by atoms with Crippen LogP contribution in [0.1, 0.15) is 11.1 Å². The van der Waals surface area contributed by atoms with Crippen molar-refractivity contribution < 1.29 is 13.5 Å². The zero-order valence-electron chi connectivity index (χ0n) is 10.5. The van der Waals surface area contributed by atoms with E-state index in [9.17, 15) is 8.42 Å². The Hall–Kier alpha value is -0.730. The molecular formula is C13H14BrNO3S2. The van der Waals surface area contributed by atoms with Crippen molar-refractivity contribution in [3.63, 3.8) is 0 Å². The second-order valence-electron chi connectivity index (χ2n) is 4.20. The van der Waals surface area contributed by atoms with Gasteiger partial charge in [-0.05, 0) is 62.4 Å². The second kappa shape index (κ2) is 6.82. The number of rotatable bonds is 6. The predicted molar refractivity (Wildman–Crippen MR) is 83.3 cm³/mol. The summed E-state index contributed by atoms with van der Waals surface area (Å²) in [4.78, 5) is 0.148. The molecule has 2 aromatic rings. The van der Waals surface area contributed by atoms with E-state index in [0.717, 1.165) is 5.56 Å². The number of benzene rings is 1. The first-order valence-corrected chi connectivity index (χ1v) is 9.15. The van der Waals surface area contributed by atoms with E-state index in [4.69, 9.17) is 5.11 Å². The Morgan fingerprint density at radius 3 is 2.70 bits per heavy atom. The Balaban J connectivity index is 2.09. The van der Waals surface area contributed by atoms with E-state index in [-0.39, 0.29) is 11.5 Å². The number of aliphatic hydroxyl groups is 1. The fourth-order valence-electron chi connectivity index (χ4n) is 1.69. The number of aliphatic hydroxyl groups excluding tert-OH is 1. The summed E-state index contributed by atoms with van der Waals surface area (Å²) in [5.74, 6) is 0. The third kappa shape index (κ3) is 3.89. The van der Waals surface area contributed by atoms with Crippen molar-refractivity contribution in [2.75, 3.05) is 6.54 Å². The predicted octanol–water partition coefficient (Wildman–Crippen LogP) is 2.52. The standard InChI is InChI=1S/C13H14BrNO3S2/c14-12-2-1-11(8-16)7-13(12)20(17,18)15-5-3-10-4-6-19-9-10/h1-2,4,6-7,9,15-16H,3,5,8H2. The normalized spacial score (nSPS) is 11.7. The molecule has 1 aromatic carbocycles. The van der Waals surface area contributed by atoms with Crippen molar-refractivity contribution in [3.8, 4) is 0 Å². The molecule has 1 heterocycles. The highest BCUT2D eigenvalue weighted by atomic mass is 79.9. The van der Waals surface area contributed by atoms with Gasteiger partial charge in [0.2, 0.25) is 10.0 Å². The fraction of sp³-hybridized carbons (Fsp3) is 0.231. The lowest BCUT2D eigenvalue weighted by Gasteiger charge is -2.09. The lowest BCUT2D eigenvalue weighted by Crippen LogP contribution is -2.26. The zero-order valence-corrected chi connectivity index (χ0v) is 13.8. The summed E-state index contributed by atoms with van der Waals surface area (Å²) in [6, 6.07) is 6.74. The van der Waals surface area contributed by atoms with Crippen LogP contribution in [0.15, 0.2) is 44.4 Å². The van der Waals surface area contributed by atoms with Crippen molar-refractivity contribution in [1.29, 1.82) is 0 Å². The molecule has 0 aliphatic carbocycles. The minimum Gasteiger partial charge on any atom is -0.392 e. The lowest BCUT2D eigenvalue weighted by atomic mass is 10.2. The van der Waals surface area contributed by atoms with Crippen LogP contribution in [0.2, 0.25) is 0 Å². The molecule has 0 atom stereocenters. The Bertz CT molecular complexity index is 669. The molecule has 7 heteroatoms. The van der Waals surface area contributed by atoms with Gasteiger partial charge in [0.05, 0.1) is 11.5 Å². The highest BCUT2D eigenvalue weighted by molar-refractivity contribution is 9.10. The fourth-order valence-corrected chi connectivity index (χ4v) is 4.44. The summed E-state index contributed by atoms with van der Waals surface area (Å²) in [6.45, 7) is 0.152. The largest absolute Gasteiger partial charge is 0.392 e. The molecule has 20 heavy (non-hydrogen) atoms. The molecule has 0 aliphatic heterocycles. The molecule has 4 nitrogen and oxygen atoms in total. The number of hydrogen-bond acceptors (Lipinski definition) is 4. The van der Waals surface area contributed by atoms with E-state index in [0.29, 0.717) is 23.0 Å². The third-order valence-corrected chi connectivity index (χ3v) is 5.94. The molecule has 0 radical (unpaired) electrons. The smallest absolute Gasteiger partial charge is 0.241 e. The van der Waals surface area contributed by atoms with Gasteiger partial charge in [-0.25, -0.2) is 13.1 Å². The van der Waals surface area contributed by atoms with E-state index in [1.807, 2.05) is 16.8 Å². The van der Waals surface area contributed by atoms with Gasteiger partial charge in [0.15, 0.2) is 0 Å². The lowest BCUT2D eigenvalue weighted by molar-refractivity contribution is 0.281. The summed E-state index contributed by atoms with van der Waals surface area (Å²) in [5, 5.41) is 13.1. The molecule has 2 N–H and O–H groups in total. The number of hydrogen-bond donors (Lipinski definition) is 2. The molecule has 0 spiro atoms. The van der Waals surface area contributed by atoms with E-state index >= 15 is 0 Å². The highest BCUT2D eigenvalue weighted by Gasteiger charge is 2.17. The van der Waals surface area contributed by atoms with Gasteiger partial charge in [-0.1, -0.05) is 6.07 Å². The second-order valence-corrected chi connectivity index (χ2v) is 7.57. The SMILES string of the molecule is O=S(=O)(NCCc1ccsc1)c1cc(CO)ccc1Br. The maximum Gasteiger partial charge on any atom is 0.241 e. The van der Waals surface area contributed by atoms with Crippen molar-refractivity contribution in [3.05, 3.63) is 50.6 Å². The molecule has 2 rings (SSSR count). The molecule has 0 bridgehead atoms. The van der Waals surface area contributed by atoms with Crippen molar-refractivity contribution in [2.45, 2.75) is 17.9 Å². The van der Waals surface area contributed by atoms with Crippen LogP contribution in [0.5, 0.6) is 0 Å². The molecule has 0 amide bonds. The first-order chi connectivity index (χ1) is 9.53. The maximum atomic E-state index is 12.2. The number of thiophene rings is 1. The average molecular weight is 376 g/mol. The van der Waals surface area contributed by atoms with E-state index in [2.05, 4.69) is 20.7 Å². The van der Waals surface area contributed by atoms with Crippen molar-refractivity contribution >= 4 is 37.3 Å². The minimum atomic E-state index is -3.58. The first kappa shape index (κ1) is 15.7. The minimum absolute atomic E-state index is 0.148. The summed E-state index contributed by atoms with van der Waals surface area (Å²) >= 11 is 4.82. The maximum absolute atomic E-state index is 12.2. The van der Waals surface area contributed by atoms with Crippen LogP contribution in [-0.4, -0.2) is 20.1 Å². The summed E-state index contributed by atoms with van der Waals surface area (Å²) in [5.41, 5.74) is 1.67. The number of halogens is 1. The van der Waals surface area contributed by atoms with Crippen molar-refractivity contribution in [1.82, 2.24) is 4.72 Å². The van der Waals surface area contributed by atoms with Gasteiger partial charge in [-0.2, -0.15) is 11.3 Å². The van der Waals surface area contributed by atoms with Crippen molar-refractivity contribution in [2.24, 2.45) is 0 Å². The van der Waals surface area contributed by atoms with Crippen LogP contribution in [0, 0.1) is 0 Å². The molecule has 0 aliphatic rings.